The summed E-state index contributed by atoms with van der Waals surface area (Å²) in [5.74, 6) is 5.93. The number of aromatic nitrogens is 1. The van der Waals surface area contributed by atoms with Gasteiger partial charge in [-0.3, -0.25) is 4.79 Å². The monoisotopic (exact) mass is 258 g/mol. The van der Waals surface area contributed by atoms with Gasteiger partial charge in [0.2, 0.25) is 0 Å². The van der Waals surface area contributed by atoms with E-state index in [1.807, 2.05) is 6.92 Å². The minimum atomic E-state index is -0.180. The van der Waals surface area contributed by atoms with Crippen LogP contribution in [0.15, 0.2) is 18.3 Å². The van der Waals surface area contributed by atoms with Crippen LogP contribution in [0.2, 0.25) is 0 Å². The van der Waals surface area contributed by atoms with Crippen molar-refractivity contribution in [2.24, 2.45) is 5.92 Å². The van der Waals surface area contributed by atoms with Gasteiger partial charge in [-0.1, -0.05) is 24.7 Å². The van der Waals surface area contributed by atoms with Crippen molar-refractivity contribution in [1.29, 1.82) is 0 Å². The predicted molar refractivity (Wildman–Crippen MR) is 72.5 cm³/mol. The average molecular weight is 258 g/mol. The summed E-state index contributed by atoms with van der Waals surface area (Å²) in [5.41, 5.74) is 1.09. The van der Waals surface area contributed by atoms with E-state index in [9.17, 15) is 4.79 Å². The Bertz CT molecular complexity index is 495. The van der Waals surface area contributed by atoms with Crippen LogP contribution in [-0.4, -0.2) is 28.6 Å². The lowest BCUT2D eigenvalue weighted by Gasteiger charge is -2.12. The van der Waals surface area contributed by atoms with Crippen molar-refractivity contribution in [1.82, 2.24) is 10.3 Å². The van der Waals surface area contributed by atoms with Crippen molar-refractivity contribution < 1.29 is 9.90 Å². The molecule has 100 valence electrons. The predicted octanol–water partition coefficient (Wildman–Crippen LogP) is 1.34. The molecule has 1 unspecified atom stereocenters. The van der Waals surface area contributed by atoms with Crippen molar-refractivity contribution in [2.45, 2.75) is 32.2 Å². The van der Waals surface area contributed by atoms with Gasteiger partial charge in [-0.2, -0.15) is 0 Å². The second-order valence-corrected chi connectivity index (χ2v) is 4.95. The molecule has 19 heavy (non-hydrogen) atoms. The molecule has 1 aromatic heterocycles. The van der Waals surface area contributed by atoms with Gasteiger partial charge in [0.05, 0.1) is 0 Å². The molecule has 0 bridgehead atoms. The fraction of sp³-hybridized carbons (Fsp3) is 0.467. The first-order chi connectivity index (χ1) is 9.19. The molecular formula is C15H18N2O2. The van der Waals surface area contributed by atoms with Gasteiger partial charge in [-0.25, -0.2) is 4.98 Å². The summed E-state index contributed by atoms with van der Waals surface area (Å²) >= 11 is 0. The first-order valence-corrected chi connectivity index (χ1v) is 6.55. The zero-order valence-corrected chi connectivity index (χ0v) is 11.0. The Hall–Kier alpha value is -1.86. The minimum absolute atomic E-state index is 0.144. The number of pyridine rings is 1. The molecule has 4 nitrogen and oxygen atoms in total. The smallest absolute Gasteiger partial charge is 0.270 e. The number of hydrogen-bond acceptors (Lipinski definition) is 3. The normalized spacial score (nSPS) is 15.3. The number of nitrogens with one attached hydrogen (secondary N) is 1. The number of amides is 1. The molecule has 1 saturated carbocycles. The summed E-state index contributed by atoms with van der Waals surface area (Å²) < 4.78 is 0. The van der Waals surface area contributed by atoms with Gasteiger partial charge in [0.15, 0.2) is 0 Å². The molecule has 2 N–H and O–H groups in total. The summed E-state index contributed by atoms with van der Waals surface area (Å²) in [6.45, 7) is 1.85. The second-order valence-electron chi connectivity index (χ2n) is 4.95. The number of rotatable bonds is 4. The molecule has 1 aliphatic rings. The molecule has 0 radical (unpaired) electrons. The van der Waals surface area contributed by atoms with Crippen molar-refractivity contribution in [3.63, 3.8) is 0 Å². The van der Waals surface area contributed by atoms with Crippen LogP contribution in [0, 0.1) is 17.8 Å². The number of hydrogen-bond donors (Lipinski definition) is 2. The summed E-state index contributed by atoms with van der Waals surface area (Å²) in [6.07, 6.45) is 5.17. The fourth-order valence-electron chi connectivity index (χ4n) is 1.95. The average Bonchev–Trinajstić information content (AvgIpc) is 3.20. The van der Waals surface area contributed by atoms with Gasteiger partial charge in [0, 0.05) is 17.8 Å². The SMILES string of the molecule is CC(CC1CC1)NC(=O)c1ccc(C#CCO)cn1. The van der Waals surface area contributed by atoms with Gasteiger partial charge < -0.3 is 10.4 Å². The Labute approximate surface area is 113 Å². The first-order valence-electron chi connectivity index (χ1n) is 6.55. The quantitative estimate of drug-likeness (QED) is 0.801. The van der Waals surface area contributed by atoms with Crippen molar-refractivity contribution in [2.75, 3.05) is 6.61 Å². The summed E-state index contributed by atoms with van der Waals surface area (Å²) in [4.78, 5) is 16.0. The third kappa shape index (κ3) is 4.38. The maximum absolute atomic E-state index is 11.9. The van der Waals surface area contributed by atoms with Crippen LogP contribution in [0.4, 0.5) is 0 Å². The number of nitrogens with zero attached hydrogens (tertiary/aromatic N) is 1. The molecule has 4 heteroatoms. The van der Waals surface area contributed by atoms with E-state index in [2.05, 4.69) is 22.1 Å². The molecule has 0 spiro atoms. The highest BCUT2D eigenvalue weighted by molar-refractivity contribution is 5.92. The Morgan fingerprint density at radius 3 is 2.95 bits per heavy atom. The molecule has 0 aromatic carbocycles. The minimum Gasteiger partial charge on any atom is -0.384 e. The summed E-state index contributed by atoms with van der Waals surface area (Å²) in [6, 6.07) is 3.58. The van der Waals surface area contributed by atoms with Crippen LogP contribution in [-0.2, 0) is 0 Å². The van der Waals surface area contributed by atoms with Crippen molar-refractivity contribution in [3.8, 4) is 11.8 Å². The molecule has 2 rings (SSSR count). The van der Waals surface area contributed by atoms with Gasteiger partial charge in [0.1, 0.15) is 12.3 Å². The van der Waals surface area contributed by atoms with Gasteiger partial charge in [-0.15, -0.1) is 0 Å². The zero-order chi connectivity index (χ0) is 13.7. The van der Waals surface area contributed by atoms with Crippen molar-refractivity contribution >= 4 is 5.91 Å². The van der Waals surface area contributed by atoms with Crippen LogP contribution in [0.25, 0.3) is 0 Å². The fourth-order valence-corrected chi connectivity index (χ4v) is 1.95. The van der Waals surface area contributed by atoms with Crippen LogP contribution in [0.1, 0.15) is 42.2 Å². The maximum atomic E-state index is 11.9. The van der Waals surface area contributed by atoms with Crippen LogP contribution in [0.3, 0.4) is 0 Å². The Morgan fingerprint density at radius 1 is 1.58 bits per heavy atom. The Morgan fingerprint density at radius 2 is 2.37 bits per heavy atom. The molecule has 1 fully saturated rings. The van der Waals surface area contributed by atoms with E-state index < -0.39 is 0 Å². The van der Waals surface area contributed by atoms with Crippen LogP contribution < -0.4 is 5.32 Å². The van der Waals surface area contributed by atoms with Crippen molar-refractivity contribution in [3.05, 3.63) is 29.6 Å². The Balaban J connectivity index is 1.90. The van der Waals surface area contributed by atoms with E-state index in [0.717, 1.165) is 12.3 Å². The first kappa shape index (κ1) is 13.6. The highest BCUT2D eigenvalue weighted by Gasteiger charge is 2.24. The van der Waals surface area contributed by atoms with Gasteiger partial charge in [0.25, 0.3) is 5.91 Å². The topological polar surface area (TPSA) is 62.2 Å². The van der Waals surface area contributed by atoms with Crippen LogP contribution >= 0.6 is 0 Å². The van der Waals surface area contributed by atoms with E-state index >= 15 is 0 Å². The zero-order valence-electron chi connectivity index (χ0n) is 11.0. The molecular weight excluding hydrogens is 240 g/mol. The van der Waals surface area contributed by atoms with E-state index in [1.165, 1.54) is 12.8 Å². The van der Waals surface area contributed by atoms with E-state index in [1.54, 1.807) is 18.3 Å². The van der Waals surface area contributed by atoms with Crippen LogP contribution in [0.5, 0.6) is 0 Å². The standard InChI is InChI=1S/C15H18N2O2/c1-11(9-12-4-5-12)17-15(19)14-7-6-13(10-16-14)3-2-8-18/h6-7,10-12,18H,4-5,8-9H2,1H3,(H,17,19). The lowest BCUT2D eigenvalue weighted by molar-refractivity contribution is 0.0932. The number of carbonyl (C=O) groups excluding carboxylic acids is 1. The molecule has 1 atom stereocenters. The molecule has 0 aliphatic heterocycles. The lowest BCUT2D eigenvalue weighted by atomic mass is 10.1. The van der Waals surface area contributed by atoms with Gasteiger partial charge in [-0.05, 0) is 31.4 Å². The highest BCUT2D eigenvalue weighted by atomic mass is 16.2. The molecule has 1 aliphatic carbocycles. The lowest BCUT2D eigenvalue weighted by Crippen LogP contribution is -2.33. The molecule has 1 heterocycles. The molecule has 1 aromatic rings. The number of aliphatic hydroxyl groups is 1. The number of carbonyl (C=O) groups is 1. The summed E-state index contributed by atoms with van der Waals surface area (Å²) in [5, 5.41) is 11.5. The second kappa shape index (κ2) is 6.35. The summed E-state index contributed by atoms with van der Waals surface area (Å²) in [7, 11) is 0. The third-order valence-corrected chi connectivity index (χ3v) is 3.07. The van der Waals surface area contributed by atoms with Gasteiger partial charge >= 0.3 is 0 Å². The molecule has 0 saturated heterocycles. The molecule has 1 amide bonds. The Kier molecular flexibility index (Phi) is 4.53. The number of aliphatic hydroxyl groups excluding tert-OH is 1. The van der Waals surface area contributed by atoms with E-state index in [0.29, 0.717) is 11.3 Å². The largest absolute Gasteiger partial charge is 0.384 e. The van der Waals surface area contributed by atoms with E-state index in [4.69, 9.17) is 5.11 Å². The third-order valence-electron chi connectivity index (χ3n) is 3.07. The maximum Gasteiger partial charge on any atom is 0.270 e. The highest BCUT2D eigenvalue weighted by Crippen LogP contribution is 2.33. The van der Waals surface area contributed by atoms with E-state index in [-0.39, 0.29) is 18.6 Å².